The molecule has 1 amide bonds. The Kier molecular flexibility index (Phi) is 3.15. The van der Waals surface area contributed by atoms with Crippen molar-refractivity contribution in [2.75, 3.05) is 0 Å². The topological polar surface area (TPSA) is 74.4 Å². The predicted molar refractivity (Wildman–Crippen MR) is 66.8 cm³/mol. The summed E-state index contributed by atoms with van der Waals surface area (Å²) in [5.41, 5.74) is 5.16. The van der Waals surface area contributed by atoms with Gasteiger partial charge >= 0.3 is 0 Å². The van der Waals surface area contributed by atoms with Crippen molar-refractivity contribution in [3.05, 3.63) is 17.8 Å². The third-order valence-electron chi connectivity index (χ3n) is 2.35. The average Bonchev–Trinajstić information content (AvgIpc) is 2.98. The van der Waals surface area contributed by atoms with E-state index in [4.69, 9.17) is 15.2 Å². The normalized spacial score (nSPS) is 15.3. The summed E-state index contributed by atoms with van der Waals surface area (Å²) in [4.78, 5) is 15.6. The highest BCUT2D eigenvalue weighted by atomic mass is 16.5. The standard InChI is InChI=1S/C13H18N2O3/c1-13(2,3)18-12-10(11(14)16)9(6-7-15-12)17-8-4-5-8/h6-8H,4-5H2,1-3H3,(H2,14,16). The first-order valence-corrected chi connectivity index (χ1v) is 6.01. The summed E-state index contributed by atoms with van der Waals surface area (Å²) in [5, 5.41) is 0. The molecule has 0 bridgehead atoms. The quantitative estimate of drug-likeness (QED) is 0.885. The number of aromatic nitrogens is 1. The molecule has 5 nitrogen and oxygen atoms in total. The van der Waals surface area contributed by atoms with E-state index in [1.165, 1.54) is 0 Å². The van der Waals surface area contributed by atoms with Crippen molar-refractivity contribution in [2.24, 2.45) is 5.73 Å². The van der Waals surface area contributed by atoms with Crippen molar-refractivity contribution in [2.45, 2.75) is 45.3 Å². The molecular weight excluding hydrogens is 232 g/mol. The fourth-order valence-corrected chi connectivity index (χ4v) is 1.48. The minimum Gasteiger partial charge on any atom is -0.489 e. The van der Waals surface area contributed by atoms with E-state index in [0.717, 1.165) is 12.8 Å². The maximum Gasteiger partial charge on any atom is 0.258 e. The molecule has 0 unspecified atom stereocenters. The van der Waals surface area contributed by atoms with Crippen molar-refractivity contribution >= 4 is 5.91 Å². The lowest BCUT2D eigenvalue weighted by Gasteiger charge is -2.22. The van der Waals surface area contributed by atoms with Gasteiger partial charge in [-0.15, -0.1) is 0 Å². The van der Waals surface area contributed by atoms with Crippen LogP contribution < -0.4 is 15.2 Å². The lowest BCUT2D eigenvalue weighted by atomic mass is 10.2. The fraction of sp³-hybridized carbons (Fsp3) is 0.538. The SMILES string of the molecule is CC(C)(C)Oc1nccc(OC2CC2)c1C(N)=O. The lowest BCUT2D eigenvalue weighted by molar-refractivity contribution is 0.0963. The number of nitrogens with zero attached hydrogens (tertiary/aromatic N) is 1. The van der Waals surface area contributed by atoms with Gasteiger partial charge in [0.1, 0.15) is 16.9 Å². The zero-order valence-electron chi connectivity index (χ0n) is 10.9. The first-order valence-electron chi connectivity index (χ1n) is 6.01. The highest BCUT2D eigenvalue weighted by Crippen LogP contribution is 2.33. The number of amides is 1. The van der Waals surface area contributed by atoms with Gasteiger partial charge in [0.2, 0.25) is 5.88 Å². The fourth-order valence-electron chi connectivity index (χ4n) is 1.48. The molecule has 0 atom stereocenters. The van der Waals surface area contributed by atoms with Crippen molar-refractivity contribution < 1.29 is 14.3 Å². The first kappa shape index (κ1) is 12.7. The van der Waals surface area contributed by atoms with Gasteiger partial charge in [-0.05, 0) is 39.7 Å². The highest BCUT2D eigenvalue weighted by Gasteiger charge is 2.28. The molecule has 1 heterocycles. The smallest absolute Gasteiger partial charge is 0.258 e. The number of nitrogens with two attached hydrogens (primary N) is 1. The minimum atomic E-state index is -0.585. The zero-order chi connectivity index (χ0) is 13.3. The van der Waals surface area contributed by atoms with Crippen LogP contribution in [-0.2, 0) is 0 Å². The summed E-state index contributed by atoms with van der Waals surface area (Å²) in [7, 11) is 0. The Morgan fingerprint density at radius 1 is 1.44 bits per heavy atom. The van der Waals surface area contributed by atoms with Gasteiger partial charge in [-0.1, -0.05) is 0 Å². The molecule has 1 fully saturated rings. The van der Waals surface area contributed by atoms with Crippen LogP contribution in [0.1, 0.15) is 44.0 Å². The summed E-state index contributed by atoms with van der Waals surface area (Å²) in [6, 6.07) is 1.65. The van der Waals surface area contributed by atoms with Crippen LogP contribution >= 0.6 is 0 Å². The average molecular weight is 250 g/mol. The van der Waals surface area contributed by atoms with Gasteiger partial charge in [-0.3, -0.25) is 4.79 Å². The van der Waals surface area contributed by atoms with Gasteiger partial charge in [0.25, 0.3) is 5.91 Å². The molecule has 1 aliphatic carbocycles. The van der Waals surface area contributed by atoms with Gasteiger partial charge in [0.05, 0.1) is 6.10 Å². The molecular formula is C13H18N2O3. The lowest BCUT2D eigenvalue weighted by Crippen LogP contribution is -2.26. The summed E-state index contributed by atoms with van der Waals surface area (Å²) >= 11 is 0. The second-order valence-electron chi connectivity index (χ2n) is 5.39. The molecule has 0 spiro atoms. The number of carbonyl (C=O) groups is 1. The number of pyridine rings is 1. The molecule has 0 saturated heterocycles. The molecule has 1 aliphatic rings. The predicted octanol–water partition coefficient (Wildman–Crippen LogP) is 1.90. The van der Waals surface area contributed by atoms with E-state index < -0.39 is 11.5 Å². The maximum atomic E-state index is 11.6. The molecule has 1 aromatic heterocycles. The third-order valence-corrected chi connectivity index (χ3v) is 2.35. The number of ether oxygens (including phenoxy) is 2. The molecule has 0 radical (unpaired) electrons. The van der Waals surface area contributed by atoms with Gasteiger partial charge in [0, 0.05) is 6.20 Å². The van der Waals surface area contributed by atoms with Crippen molar-refractivity contribution in [3.8, 4) is 11.6 Å². The summed E-state index contributed by atoms with van der Waals surface area (Å²) in [6.45, 7) is 5.65. The zero-order valence-corrected chi connectivity index (χ0v) is 10.9. The Labute approximate surface area is 106 Å². The summed E-state index contributed by atoms with van der Waals surface area (Å²) in [5.74, 6) is 0.102. The van der Waals surface area contributed by atoms with Crippen LogP contribution in [0.3, 0.4) is 0 Å². The molecule has 18 heavy (non-hydrogen) atoms. The largest absolute Gasteiger partial charge is 0.489 e. The Balaban J connectivity index is 2.35. The van der Waals surface area contributed by atoms with Crippen molar-refractivity contribution in [3.63, 3.8) is 0 Å². The van der Waals surface area contributed by atoms with E-state index in [0.29, 0.717) is 5.75 Å². The van der Waals surface area contributed by atoms with E-state index in [9.17, 15) is 4.79 Å². The first-order chi connectivity index (χ1) is 8.37. The second-order valence-corrected chi connectivity index (χ2v) is 5.39. The van der Waals surface area contributed by atoms with Crippen LogP contribution in [0, 0.1) is 0 Å². The Morgan fingerprint density at radius 2 is 2.11 bits per heavy atom. The van der Waals surface area contributed by atoms with Gasteiger partial charge in [0.15, 0.2) is 0 Å². The van der Waals surface area contributed by atoms with Crippen molar-refractivity contribution in [1.29, 1.82) is 0 Å². The molecule has 5 heteroatoms. The molecule has 2 N–H and O–H groups in total. The van der Waals surface area contributed by atoms with Gasteiger partial charge < -0.3 is 15.2 Å². The van der Waals surface area contributed by atoms with E-state index >= 15 is 0 Å². The highest BCUT2D eigenvalue weighted by molar-refractivity contribution is 5.97. The monoisotopic (exact) mass is 250 g/mol. The Hall–Kier alpha value is -1.78. The van der Waals surface area contributed by atoms with E-state index in [1.807, 2.05) is 20.8 Å². The van der Waals surface area contributed by atoms with E-state index in [1.54, 1.807) is 12.3 Å². The van der Waals surface area contributed by atoms with Crippen molar-refractivity contribution in [1.82, 2.24) is 4.98 Å². The molecule has 0 aliphatic heterocycles. The summed E-state index contributed by atoms with van der Waals surface area (Å²) < 4.78 is 11.3. The van der Waals surface area contributed by atoms with Crippen LogP contribution in [0.4, 0.5) is 0 Å². The Morgan fingerprint density at radius 3 is 2.61 bits per heavy atom. The van der Waals surface area contributed by atoms with Gasteiger partial charge in [-0.2, -0.15) is 0 Å². The maximum absolute atomic E-state index is 11.6. The molecule has 0 aromatic carbocycles. The van der Waals surface area contributed by atoms with Crippen LogP contribution in [0.15, 0.2) is 12.3 Å². The van der Waals surface area contributed by atoms with Crippen LogP contribution in [-0.4, -0.2) is 22.6 Å². The third kappa shape index (κ3) is 3.12. The van der Waals surface area contributed by atoms with Crippen LogP contribution in [0.2, 0.25) is 0 Å². The number of primary amides is 1. The molecule has 98 valence electrons. The number of rotatable bonds is 4. The second kappa shape index (κ2) is 4.48. The number of carbonyl (C=O) groups excluding carboxylic acids is 1. The summed E-state index contributed by atoms with van der Waals surface area (Å²) in [6.07, 6.45) is 3.77. The minimum absolute atomic E-state index is 0.188. The van der Waals surface area contributed by atoms with Crippen LogP contribution in [0.25, 0.3) is 0 Å². The molecule has 1 aromatic rings. The number of hydrogen-bond donors (Lipinski definition) is 1. The van der Waals surface area contributed by atoms with Crippen LogP contribution in [0.5, 0.6) is 11.6 Å². The number of hydrogen-bond acceptors (Lipinski definition) is 4. The molecule has 1 saturated carbocycles. The van der Waals surface area contributed by atoms with Gasteiger partial charge in [-0.25, -0.2) is 4.98 Å². The molecule has 2 rings (SSSR count). The van der Waals surface area contributed by atoms with E-state index in [-0.39, 0.29) is 17.5 Å². The van der Waals surface area contributed by atoms with E-state index in [2.05, 4.69) is 4.98 Å². The Bertz CT molecular complexity index is 462.